The number of amides is 2. The number of hydrogen-bond donors (Lipinski definition) is 1. The fraction of sp³-hybridized carbons (Fsp3) is 0.522. The van der Waals surface area contributed by atoms with Crippen LogP contribution in [0.15, 0.2) is 30.3 Å². The molecule has 0 atom stereocenters. The van der Waals surface area contributed by atoms with Crippen LogP contribution in [0.1, 0.15) is 58.6 Å². The van der Waals surface area contributed by atoms with Gasteiger partial charge in [-0.2, -0.15) is 5.10 Å². The predicted molar refractivity (Wildman–Crippen MR) is 117 cm³/mol. The first-order valence-electron chi connectivity index (χ1n) is 10.6. The van der Waals surface area contributed by atoms with Crippen LogP contribution in [0.4, 0.5) is 5.82 Å². The van der Waals surface area contributed by atoms with Crippen LogP contribution in [0.3, 0.4) is 0 Å². The van der Waals surface area contributed by atoms with Crippen LogP contribution >= 0.6 is 0 Å². The van der Waals surface area contributed by atoms with E-state index in [2.05, 4.69) is 26.1 Å². The van der Waals surface area contributed by atoms with Crippen LogP contribution in [0, 0.1) is 0 Å². The molecule has 2 aromatic rings. The molecule has 3 rings (SSSR count). The fourth-order valence-electron chi connectivity index (χ4n) is 3.49. The van der Waals surface area contributed by atoms with Gasteiger partial charge in [-0.3, -0.25) is 9.59 Å². The number of anilines is 1. The van der Waals surface area contributed by atoms with Gasteiger partial charge in [0.15, 0.2) is 0 Å². The number of hydrogen-bond acceptors (Lipinski definition) is 4. The lowest BCUT2D eigenvalue weighted by molar-refractivity contribution is -0.130. The van der Waals surface area contributed by atoms with Crippen molar-refractivity contribution in [2.24, 2.45) is 0 Å². The smallest absolute Gasteiger partial charge is 0.225 e. The van der Waals surface area contributed by atoms with Gasteiger partial charge in [-0.15, -0.1) is 0 Å². The van der Waals surface area contributed by atoms with Crippen molar-refractivity contribution in [1.29, 1.82) is 0 Å². The minimum atomic E-state index is -0.153. The number of rotatable bonds is 7. The molecular weight excluding hydrogens is 380 g/mol. The minimum Gasteiger partial charge on any atom is -0.497 e. The summed E-state index contributed by atoms with van der Waals surface area (Å²) in [5, 5.41) is 7.70. The molecule has 0 radical (unpaired) electrons. The first-order chi connectivity index (χ1) is 14.3. The number of carbonyl (C=O) groups excluding carboxylic acids is 2. The molecule has 2 heterocycles. The zero-order valence-electron chi connectivity index (χ0n) is 18.4. The van der Waals surface area contributed by atoms with E-state index in [1.165, 1.54) is 0 Å². The Balaban J connectivity index is 1.67. The summed E-state index contributed by atoms with van der Waals surface area (Å²) >= 11 is 0. The van der Waals surface area contributed by atoms with Crippen LogP contribution in [0.5, 0.6) is 5.75 Å². The Bertz CT molecular complexity index is 875. The fourth-order valence-corrected chi connectivity index (χ4v) is 3.49. The zero-order valence-corrected chi connectivity index (χ0v) is 18.4. The molecule has 1 aliphatic rings. The molecule has 1 fully saturated rings. The van der Waals surface area contributed by atoms with Crippen molar-refractivity contribution in [2.45, 2.75) is 58.3 Å². The Kier molecular flexibility index (Phi) is 6.80. The van der Waals surface area contributed by atoms with E-state index in [9.17, 15) is 9.59 Å². The molecule has 0 aliphatic carbocycles. The lowest BCUT2D eigenvalue weighted by Crippen LogP contribution is -2.27. The molecule has 1 saturated heterocycles. The van der Waals surface area contributed by atoms with Gasteiger partial charge in [-0.05, 0) is 43.5 Å². The molecule has 7 nitrogen and oxygen atoms in total. The van der Waals surface area contributed by atoms with E-state index >= 15 is 0 Å². The highest BCUT2D eigenvalue weighted by Crippen LogP contribution is 2.27. The van der Waals surface area contributed by atoms with Crippen molar-refractivity contribution in [3.8, 4) is 11.4 Å². The average Bonchev–Trinajstić information content (AvgIpc) is 3.38. The third-order valence-corrected chi connectivity index (χ3v) is 5.32. The maximum atomic E-state index is 12.6. The number of ether oxygens (including phenoxy) is 1. The van der Waals surface area contributed by atoms with Gasteiger partial charge in [0.05, 0.1) is 18.5 Å². The summed E-state index contributed by atoms with van der Waals surface area (Å²) < 4.78 is 6.97. The molecule has 0 unspecified atom stereocenters. The van der Waals surface area contributed by atoms with Gasteiger partial charge in [0.1, 0.15) is 11.6 Å². The Hall–Kier alpha value is -2.83. The first kappa shape index (κ1) is 21.9. The van der Waals surface area contributed by atoms with E-state index in [4.69, 9.17) is 9.84 Å². The number of nitrogens with zero attached hydrogens (tertiary/aromatic N) is 3. The molecule has 162 valence electrons. The standard InChI is InChI=1S/C23H32N4O3/c1-23(2,3)19-16-20(27(25-19)17-10-12-18(30-4)13-11-17)24-21(28)8-7-9-22(29)26-14-5-6-15-26/h10-13,16H,5-9,14-15H2,1-4H3,(H,24,28). The Morgan fingerprint density at radius 3 is 2.37 bits per heavy atom. The second-order valence-corrected chi connectivity index (χ2v) is 8.76. The van der Waals surface area contributed by atoms with Crippen molar-refractivity contribution >= 4 is 17.6 Å². The summed E-state index contributed by atoms with van der Waals surface area (Å²) in [6, 6.07) is 9.45. The number of aromatic nitrogens is 2. The minimum absolute atomic E-state index is 0.112. The van der Waals surface area contributed by atoms with Gasteiger partial charge in [0, 0.05) is 37.4 Å². The van der Waals surface area contributed by atoms with Crippen molar-refractivity contribution < 1.29 is 14.3 Å². The number of nitrogens with one attached hydrogen (secondary N) is 1. The van der Waals surface area contributed by atoms with Gasteiger partial charge in [-0.1, -0.05) is 20.8 Å². The molecule has 1 aromatic heterocycles. The predicted octanol–water partition coefficient (Wildman–Crippen LogP) is 3.91. The van der Waals surface area contributed by atoms with Crippen LogP contribution in [0.25, 0.3) is 5.69 Å². The third-order valence-electron chi connectivity index (χ3n) is 5.32. The zero-order chi connectivity index (χ0) is 21.7. The summed E-state index contributed by atoms with van der Waals surface area (Å²) in [6.07, 6.45) is 3.43. The molecule has 0 bridgehead atoms. The van der Waals surface area contributed by atoms with Gasteiger partial charge < -0.3 is 15.0 Å². The molecule has 0 saturated carbocycles. The molecule has 7 heteroatoms. The van der Waals surface area contributed by atoms with E-state index in [1.54, 1.807) is 11.8 Å². The molecule has 0 spiro atoms. The number of carbonyl (C=O) groups is 2. The third kappa shape index (κ3) is 5.40. The highest BCUT2D eigenvalue weighted by atomic mass is 16.5. The van der Waals surface area contributed by atoms with E-state index < -0.39 is 0 Å². The van der Waals surface area contributed by atoms with Crippen LogP contribution in [-0.2, 0) is 15.0 Å². The van der Waals surface area contributed by atoms with Crippen LogP contribution in [0.2, 0.25) is 0 Å². The van der Waals surface area contributed by atoms with E-state index in [0.29, 0.717) is 25.1 Å². The topological polar surface area (TPSA) is 76.5 Å². The van der Waals surface area contributed by atoms with E-state index in [-0.39, 0.29) is 17.2 Å². The van der Waals surface area contributed by atoms with Gasteiger partial charge in [0.2, 0.25) is 11.8 Å². The summed E-state index contributed by atoms with van der Waals surface area (Å²) in [5.41, 5.74) is 1.57. The summed E-state index contributed by atoms with van der Waals surface area (Å²) in [4.78, 5) is 26.6. The van der Waals surface area contributed by atoms with E-state index in [0.717, 1.165) is 43.1 Å². The normalized spacial score (nSPS) is 14.1. The lowest BCUT2D eigenvalue weighted by Gasteiger charge is -2.14. The van der Waals surface area contributed by atoms with E-state index in [1.807, 2.05) is 35.2 Å². The molecule has 2 amide bonds. The quantitative estimate of drug-likeness (QED) is 0.748. The molecular formula is C23H32N4O3. The molecule has 30 heavy (non-hydrogen) atoms. The van der Waals surface area contributed by atoms with Crippen molar-refractivity contribution in [3.63, 3.8) is 0 Å². The van der Waals surface area contributed by atoms with Crippen molar-refractivity contribution in [1.82, 2.24) is 14.7 Å². The van der Waals surface area contributed by atoms with Gasteiger partial charge >= 0.3 is 0 Å². The second kappa shape index (κ2) is 9.32. The average molecular weight is 413 g/mol. The monoisotopic (exact) mass is 412 g/mol. The number of likely N-dealkylation sites (tertiary alicyclic amines) is 1. The van der Waals surface area contributed by atoms with Crippen molar-refractivity contribution in [3.05, 3.63) is 36.0 Å². The lowest BCUT2D eigenvalue weighted by atomic mass is 9.92. The SMILES string of the molecule is COc1ccc(-n2nc(C(C)(C)C)cc2NC(=O)CCCC(=O)N2CCCC2)cc1. The molecule has 1 aliphatic heterocycles. The van der Waals surface area contributed by atoms with Crippen LogP contribution < -0.4 is 10.1 Å². The summed E-state index contributed by atoms with van der Waals surface area (Å²) in [5.74, 6) is 1.43. The number of methoxy groups -OCH3 is 1. The van der Waals surface area contributed by atoms with Crippen molar-refractivity contribution in [2.75, 3.05) is 25.5 Å². The Morgan fingerprint density at radius 1 is 1.10 bits per heavy atom. The number of benzene rings is 1. The van der Waals surface area contributed by atoms with Gasteiger partial charge in [0.25, 0.3) is 0 Å². The second-order valence-electron chi connectivity index (χ2n) is 8.76. The van der Waals surface area contributed by atoms with Gasteiger partial charge in [-0.25, -0.2) is 4.68 Å². The molecule has 1 N–H and O–H groups in total. The highest BCUT2D eigenvalue weighted by molar-refractivity contribution is 5.90. The summed E-state index contributed by atoms with van der Waals surface area (Å²) in [7, 11) is 1.63. The molecule has 1 aromatic carbocycles. The maximum Gasteiger partial charge on any atom is 0.225 e. The summed E-state index contributed by atoms with van der Waals surface area (Å²) in [6.45, 7) is 7.96. The first-order valence-corrected chi connectivity index (χ1v) is 10.6. The Labute approximate surface area is 178 Å². The van der Waals surface area contributed by atoms with Crippen LogP contribution in [-0.4, -0.2) is 46.7 Å². The Morgan fingerprint density at radius 2 is 1.77 bits per heavy atom. The largest absolute Gasteiger partial charge is 0.497 e. The highest BCUT2D eigenvalue weighted by Gasteiger charge is 2.22. The maximum absolute atomic E-state index is 12.6.